The molecule has 4 nitrogen and oxygen atoms in total. The molecule has 0 atom stereocenters. The molecule has 0 bridgehead atoms. The zero-order valence-corrected chi connectivity index (χ0v) is 13.1. The SMILES string of the molecule is CCCCCN=C(NCC)NCCc1ccc(C)nc1. The first kappa shape index (κ1) is 16.5. The lowest BCUT2D eigenvalue weighted by Gasteiger charge is -2.11. The van der Waals surface area contributed by atoms with Crippen molar-refractivity contribution in [2.24, 2.45) is 4.99 Å². The van der Waals surface area contributed by atoms with Crippen LogP contribution in [0.25, 0.3) is 0 Å². The van der Waals surface area contributed by atoms with Gasteiger partial charge < -0.3 is 10.6 Å². The summed E-state index contributed by atoms with van der Waals surface area (Å²) in [7, 11) is 0. The molecular formula is C16H28N4. The minimum absolute atomic E-state index is 0.879. The first-order chi connectivity index (χ1) is 9.76. The van der Waals surface area contributed by atoms with Gasteiger partial charge in [-0.25, -0.2) is 0 Å². The van der Waals surface area contributed by atoms with E-state index in [4.69, 9.17) is 0 Å². The fourth-order valence-electron chi connectivity index (χ4n) is 1.87. The Labute approximate surface area is 123 Å². The van der Waals surface area contributed by atoms with Gasteiger partial charge in [0.1, 0.15) is 0 Å². The number of aryl methyl sites for hydroxylation is 1. The van der Waals surface area contributed by atoms with Crippen LogP contribution < -0.4 is 10.6 Å². The van der Waals surface area contributed by atoms with Crippen molar-refractivity contribution in [1.82, 2.24) is 15.6 Å². The van der Waals surface area contributed by atoms with E-state index in [1.165, 1.54) is 18.4 Å². The molecule has 0 aliphatic heterocycles. The predicted molar refractivity (Wildman–Crippen MR) is 86.2 cm³/mol. The third-order valence-electron chi connectivity index (χ3n) is 3.05. The van der Waals surface area contributed by atoms with Crippen molar-refractivity contribution in [2.45, 2.75) is 46.5 Å². The van der Waals surface area contributed by atoms with E-state index >= 15 is 0 Å². The van der Waals surface area contributed by atoms with Gasteiger partial charge in [0.05, 0.1) is 0 Å². The van der Waals surface area contributed by atoms with Crippen molar-refractivity contribution >= 4 is 5.96 Å². The summed E-state index contributed by atoms with van der Waals surface area (Å²) in [5.74, 6) is 0.920. The summed E-state index contributed by atoms with van der Waals surface area (Å²) < 4.78 is 0. The Morgan fingerprint density at radius 1 is 1.20 bits per heavy atom. The average molecular weight is 276 g/mol. The van der Waals surface area contributed by atoms with Crippen molar-refractivity contribution in [2.75, 3.05) is 19.6 Å². The predicted octanol–water partition coefficient (Wildman–Crippen LogP) is 2.68. The van der Waals surface area contributed by atoms with Crippen LogP contribution in [0.1, 0.15) is 44.4 Å². The maximum Gasteiger partial charge on any atom is 0.191 e. The third kappa shape index (κ3) is 7.12. The molecule has 0 fully saturated rings. The van der Waals surface area contributed by atoms with Gasteiger partial charge in [0.2, 0.25) is 0 Å². The molecule has 1 rings (SSSR count). The van der Waals surface area contributed by atoms with E-state index in [0.29, 0.717) is 0 Å². The standard InChI is InChI=1S/C16H28N4/c1-4-6-7-11-18-16(17-5-2)19-12-10-15-9-8-14(3)20-13-15/h8-9,13H,4-7,10-12H2,1-3H3,(H2,17,18,19). The molecule has 1 aromatic heterocycles. The summed E-state index contributed by atoms with van der Waals surface area (Å²) in [6, 6.07) is 4.19. The zero-order chi connectivity index (χ0) is 14.6. The highest BCUT2D eigenvalue weighted by Gasteiger charge is 1.98. The fraction of sp³-hybridized carbons (Fsp3) is 0.625. The highest BCUT2D eigenvalue weighted by molar-refractivity contribution is 5.79. The summed E-state index contributed by atoms with van der Waals surface area (Å²) >= 11 is 0. The van der Waals surface area contributed by atoms with Crippen LogP contribution in [0.2, 0.25) is 0 Å². The first-order valence-electron chi connectivity index (χ1n) is 7.70. The van der Waals surface area contributed by atoms with Crippen molar-refractivity contribution in [3.8, 4) is 0 Å². The topological polar surface area (TPSA) is 49.3 Å². The highest BCUT2D eigenvalue weighted by atomic mass is 15.2. The number of hydrogen-bond acceptors (Lipinski definition) is 2. The van der Waals surface area contributed by atoms with E-state index in [-0.39, 0.29) is 0 Å². The second kappa shape index (κ2) is 10.2. The molecule has 4 heteroatoms. The summed E-state index contributed by atoms with van der Waals surface area (Å²) in [6.07, 6.45) is 6.56. The van der Waals surface area contributed by atoms with Gasteiger partial charge in [0.25, 0.3) is 0 Å². The van der Waals surface area contributed by atoms with Gasteiger partial charge in [-0.05, 0) is 38.3 Å². The first-order valence-corrected chi connectivity index (χ1v) is 7.70. The van der Waals surface area contributed by atoms with E-state index in [1.807, 2.05) is 13.1 Å². The monoisotopic (exact) mass is 276 g/mol. The van der Waals surface area contributed by atoms with Gasteiger partial charge in [0, 0.05) is 31.5 Å². The molecule has 20 heavy (non-hydrogen) atoms. The Morgan fingerprint density at radius 2 is 2.05 bits per heavy atom. The Balaban J connectivity index is 2.32. The Kier molecular flexibility index (Phi) is 8.43. The number of unbranched alkanes of at least 4 members (excludes halogenated alkanes) is 2. The molecule has 0 aliphatic carbocycles. The Morgan fingerprint density at radius 3 is 2.70 bits per heavy atom. The maximum atomic E-state index is 4.58. The van der Waals surface area contributed by atoms with Crippen molar-refractivity contribution in [1.29, 1.82) is 0 Å². The molecule has 0 aliphatic rings. The van der Waals surface area contributed by atoms with Gasteiger partial charge in [-0.2, -0.15) is 0 Å². The highest BCUT2D eigenvalue weighted by Crippen LogP contribution is 1.99. The van der Waals surface area contributed by atoms with Crippen LogP contribution in [0.4, 0.5) is 0 Å². The van der Waals surface area contributed by atoms with Crippen LogP contribution in [0.15, 0.2) is 23.3 Å². The van der Waals surface area contributed by atoms with Gasteiger partial charge in [-0.15, -0.1) is 0 Å². The van der Waals surface area contributed by atoms with Crippen LogP contribution in [-0.2, 0) is 6.42 Å². The number of aliphatic imine (C=N–C) groups is 1. The Bertz CT molecular complexity index is 384. The minimum atomic E-state index is 0.879. The minimum Gasteiger partial charge on any atom is -0.357 e. The van der Waals surface area contributed by atoms with Gasteiger partial charge >= 0.3 is 0 Å². The van der Waals surface area contributed by atoms with Crippen molar-refractivity contribution in [3.63, 3.8) is 0 Å². The van der Waals surface area contributed by atoms with E-state index in [9.17, 15) is 0 Å². The number of guanidine groups is 1. The van der Waals surface area contributed by atoms with Crippen molar-refractivity contribution < 1.29 is 0 Å². The molecule has 2 N–H and O–H groups in total. The summed E-state index contributed by atoms with van der Waals surface area (Å²) in [5.41, 5.74) is 2.32. The summed E-state index contributed by atoms with van der Waals surface area (Å²) in [6.45, 7) is 8.98. The largest absolute Gasteiger partial charge is 0.357 e. The average Bonchev–Trinajstić information content (AvgIpc) is 2.45. The van der Waals surface area contributed by atoms with E-state index in [0.717, 1.165) is 44.1 Å². The van der Waals surface area contributed by atoms with Crippen LogP contribution >= 0.6 is 0 Å². The molecule has 0 spiro atoms. The molecule has 1 heterocycles. The summed E-state index contributed by atoms with van der Waals surface area (Å²) in [4.78, 5) is 8.88. The second-order valence-corrected chi connectivity index (χ2v) is 4.95. The fourth-order valence-corrected chi connectivity index (χ4v) is 1.87. The lowest BCUT2D eigenvalue weighted by molar-refractivity contribution is 0.716. The van der Waals surface area contributed by atoms with Crippen molar-refractivity contribution in [3.05, 3.63) is 29.6 Å². The molecular weight excluding hydrogens is 248 g/mol. The number of nitrogens with one attached hydrogen (secondary N) is 2. The number of nitrogens with zero attached hydrogens (tertiary/aromatic N) is 2. The molecule has 0 aromatic carbocycles. The van der Waals surface area contributed by atoms with E-state index in [2.05, 4.69) is 46.6 Å². The van der Waals surface area contributed by atoms with Gasteiger partial charge in [-0.1, -0.05) is 25.8 Å². The zero-order valence-electron chi connectivity index (χ0n) is 13.1. The quantitative estimate of drug-likeness (QED) is 0.436. The number of hydrogen-bond donors (Lipinski definition) is 2. The van der Waals surface area contributed by atoms with Gasteiger partial charge in [0.15, 0.2) is 5.96 Å². The number of rotatable bonds is 8. The van der Waals surface area contributed by atoms with Gasteiger partial charge in [-0.3, -0.25) is 9.98 Å². The molecule has 0 saturated carbocycles. The lowest BCUT2D eigenvalue weighted by Crippen LogP contribution is -2.38. The van der Waals surface area contributed by atoms with Crippen LogP contribution in [-0.4, -0.2) is 30.6 Å². The smallest absolute Gasteiger partial charge is 0.191 e. The third-order valence-corrected chi connectivity index (χ3v) is 3.05. The summed E-state index contributed by atoms with van der Waals surface area (Å²) in [5, 5.41) is 6.65. The molecule has 0 unspecified atom stereocenters. The Hall–Kier alpha value is -1.58. The second-order valence-electron chi connectivity index (χ2n) is 4.95. The lowest BCUT2D eigenvalue weighted by atomic mass is 10.2. The molecule has 0 amide bonds. The van der Waals surface area contributed by atoms with E-state index < -0.39 is 0 Å². The maximum absolute atomic E-state index is 4.58. The number of pyridine rings is 1. The normalized spacial score (nSPS) is 11.4. The molecule has 112 valence electrons. The van der Waals surface area contributed by atoms with E-state index in [1.54, 1.807) is 0 Å². The van der Waals surface area contributed by atoms with Crippen LogP contribution in [0.5, 0.6) is 0 Å². The van der Waals surface area contributed by atoms with Crippen LogP contribution in [0.3, 0.4) is 0 Å². The molecule has 1 aromatic rings. The number of aromatic nitrogens is 1. The molecule has 0 saturated heterocycles. The molecule has 0 radical (unpaired) electrons. The van der Waals surface area contributed by atoms with Crippen LogP contribution in [0, 0.1) is 6.92 Å².